The molecule has 1 atom stereocenters. The maximum absolute atomic E-state index is 3.97. The molecule has 1 heterocycles. The molecule has 1 N–H and O–H groups in total. The number of rotatable bonds is 5. The number of aromatic nitrogens is 2. The molecule has 0 aliphatic rings. The smallest absolute Gasteiger partial charge is 0.115 e. The van der Waals surface area contributed by atoms with Gasteiger partial charge in [0.1, 0.15) is 6.33 Å². The number of hydrogen-bond donors (Lipinski definition) is 1. The highest BCUT2D eigenvalue weighted by Crippen LogP contribution is 2.04. The van der Waals surface area contributed by atoms with Crippen LogP contribution in [0.4, 0.5) is 0 Å². The Bertz CT molecular complexity index is 246. The molecule has 0 saturated carbocycles. The van der Waals surface area contributed by atoms with Crippen molar-refractivity contribution in [3.63, 3.8) is 0 Å². The third-order valence-corrected chi connectivity index (χ3v) is 2.09. The first-order valence-corrected chi connectivity index (χ1v) is 5.15. The van der Waals surface area contributed by atoms with Crippen molar-refractivity contribution in [1.29, 1.82) is 0 Å². The number of nitrogens with one attached hydrogen (secondary N) is 1. The van der Waals surface area contributed by atoms with Crippen LogP contribution in [0.3, 0.4) is 0 Å². The highest BCUT2D eigenvalue weighted by molar-refractivity contribution is 5.01. The first-order valence-electron chi connectivity index (χ1n) is 5.15. The SMILES string of the molecule is CC(C)CC(C)NCc1cncnc1. The molecule has 0 radical (unpaired) electrons. The van der Waals surface area contributed by atoms with Crippen molar-refractivity contribution in [3.8, 4) is 0 Å². The van der Waals surface area contributed by atoms with Gasteiger partial charge < -0.3 is 5.32 Å². The van der Waals surface area contributed by atoms with Gasteiger partial charge in [-0.1, -0.05) is 13.8 Å². The normalized spacial score (nSPS) is 13.1. The number of hydrogen-bond acceptors (Lipinski definition) is 3. The lowest BCUT2D eigenvalue weighted by atomic mass is 10.1. The molecule has 0 aromatic carbocycles. The Labute approximate surface area is 86.0 Å². The zero-order valence-corrected chi connectivity index (χ0v) is 9.20. The zero-order valence-electron chi connectivity index (χ0n) is 9.20. The molecular weight excluding hydrogens is 174 g/mol. The van der Waals surface area contributed by atoms with Crippen LogP contribution in [0.5, 0.6) is 0 Å². The van der Waals surface area contributed by atoms with Gasteiger partial charge in [0.05, 0.1) is 0 Å². The minimum atomic E-state index is 0.551. The number of nitrogens with zero attached hydrogens (tertiary/aromatic N) is 2. The molecule has 1 rings (SSSR count). The molecule has 1 unspecified atom stereocenters. The summed E-state index contributed by atoms with van der Waals surface area (Å²) < 4.78 is 0. The van der Waals surface area contributed by atoms with E-state index in [2.05, 4.69) is 36.1 Å². The summed E-state index contributed by atoms with van der Waals surface area (Å²) in [6.07, 6.45) is 6.46. The van der Waals surface area contributed by atoms with Crippen LogP contribution in [0.15, 0.2) is 18.7 Å². The first-order chi connectivity index (χ1) is 6.68. The predicted octanol–water partition coefficient (Wildman–Crippen LogP) is 2.00. The van der Waals surface area contributed by atoms with Gasteiger partial charge in [-0.05, 0) is 19.3 Å². The van der Waals surface area contributed by atoms with Gasteiger partial charge in [0.2, 0.25) is 0 Å². The van der Waals surface area contributed by atoms with Crippen molar-refractivity contribution in [2.75, 3.05) is 0 Å². The summed E-state index contributed by atoms with van der Waals surface area (Å²) in [6, 6.07) is 0.551. The standard InChI is InChI=1S/C11H19N3/c1-9(2)4-10(3)14-7-11-5-12-8-13-6-11/h5-6,8-10,14H,4,7H2,1-3H3. The summed E-state index contributed by atoms with van der Waals surface area (Å²) in [6.45, 7) is 7.55. The highest BCUT2D eigenvalue weighted by atomic mass is 14.9. The van der Waals surface area contributed by atoms with E-state index in [-0.39, 0.29) is 0 Å². The molecule has 3 nitrogen and oxygen atoms in total. The van der Waals surface area contributed by atoms with E-state index in [4.69, 9.17) is 0 Å². The fourth-order valence-corrected chi connectivity index (χ4v) is 1.50. The molecule has 0 aliphatic carbocycles. The second-order valence-electron chi connectivity index (χ2n) is 4.16. The monoisotopic (exact) mass is 193 g/mol. The van der Waals surface area contributed by atoms with Crippen LogP contribution in [0.1, 0.15) is 32.8 Å². The zero-order chi connectivity index (χ0) is 10.4. The first kappa shape index (κ1) is 11.1. The lowest BCUT2D eigenvalue weighted by Gasteiger charge is -2.15. The van der Waals surface area contributed by atoms with Crippen molar-refractivity contribution >= 4 is 0 Å². The molecular formula is C11H19N3. The largest absolute Gasteiger partial charge is 0.310 e. The van der Waals surface area contributed by atoms with Gasteiger partial charge >= 0.3 is 0 Å². The molecule has 1 aromatic rings. The molecule has 78 valence electrons. The lowest BCUT2D eigenvalue weighted by Crippen LogP contribution is -2.26. The van der Waals surface area contributed by atoms with Crippen molar-refractivity contribution < 1.29 is 0 Å². The Morgan fingerprint density at radius 3 is 2.43 bits per heavy atom. The average Bonchev–Trinajstić information content (AvgIpc) is 2.15. The second-order valence-corrected chi connectivity index (χ2v) is 4.16. The lowest BCUT2D eigenvalue weighted by molar-refractivity contribution is 0.441. The van der Waals surface area contributed by atoms with E-state index in [9.17, 15) is 0 Å². The summed E-state index contributed by atoms with van der Waals surface area (Å²) in [5, 5.41) is 3.45. The summed E-state index contributed by atoms with van der Waals surface area (Å²) in [5.74, 6) is 0.740. The minimum absolute atomic E-state index is 0.551. The summed E-state index contributed by atoms with van der Waals surface area (Å²) in [4.78, 5) is 7.94. The van der Waals surface area contributed by atoms with Crippen LogP contribution in [0.2, 0.25) is 0 Å². The van der Waals surface area contributed by atoms with E-state index in [0.717, 1.165) is 18.0 Å². The van der Waals surface area contributed by atoms with Crippen molar-refractivity contribution in [3.05, 3.63) is 24.3 Å². The molecule has 3 heteroatoms. The molecule has 0 spiro atoms. The van der Waals surface area contributed by atoms with E-state index in [1.807, 2.05) is 12.4 Å². The van der Waals surface area contributed by atoms with Crippen LogP contribution in [0, 0.1) is 5.92 Å². The fourth-order valence-electron chi connectivity index (χ4n) is 1.50. The van der Waals surface area contributed by atoms with Gasteiger partial charge in [-0.2, -0.15) is 0 Å². The van der Waals surface area contributed by atoms with Crippen LogP contribution in [-0.4, -0.2) is 16.0 Å². The van der Waals surface area contributed by atoms with Crippen LogP contribution >= 0.6 is 0 Å². The van der Waals surface area contributed by atoms with Crippen LogP contribution in [-0.2, 0) is 6.54 Å². The molecule has 14 heavy (non-hydrogen) atoms. The Balaban J connectivity index is 2.27. The molecule has 0 fully saturated rings. The molecule has 0 bridgehead atoms. The Hall–Kier alpha value is -0.960. The van der Waals surface area contributed by atoms with E-state index in [0.29, 0.717) is 6.04 Å². The average molecular weight is 193 g/mol. The van der Waals surface area contributed by atoms with E-state index in [1.54, 1.807) is 6.33 Å². The topological polar surface area (TPSA) is 37.8 Å². The molecule has 1 aromatic heterocycles. The Kier molecular flexibility index (Phi) is 4.53. The minimum Gasteiger partial charge on any atom is -0.310 e. The van der Waals surface area contributed by atoms with Gasteiger partial charge in [0.25, 0.3) is 0 Å². The predicted molar refractivity (Wildman–Crippen MR) is 57.8 cm³/mol. The van der Waals surface area contributed by atoms with Gasteiger partial charge in [-0.25, -0.2) is 9.97 Å². The van der Waals surface area contributed by atoms with Crippen LogP contribution in [0.25, 0.3) is 0 Å². The summed E-state index contributed by atoms with van der Waals surface area (Å²) in [7, 11) is 0. The Morgan fingerprint density at radius 2 is 1.86 bits per heavy atom. The molecule has 0 amide bonds. The van der Waals surface area contributed by atoms with Gasteiger partial charge in [-0.15, -0.1) is 0 Å². The van der Waals surface area contributed by atoms with Gasteiger partial charge in [0.15, 0.2) is 0 Å². The second kappa shape index (κ2) is 5.70. The quantitative estimate of drug-likeness (QED) is 0.777. The molecule has 0 saturated heterocycles. The van der Waals surface area contributed by atoms with Gasteiger partial charge in [-0.3, -0.25) is 0 Å². The van der Waals surface area contributed by atoms with Crippen molar-refractivity contribution in [1.82, 2.24) is 15.3 Å². The van der Waals surface area contributed by atoms with Crippen LogP contribution < -0.4 is 5.32 Å². The van der Waals surface area contributed by atoms with E-state index in [1.165, 1.54) is 6.42 Å². The molecule has 0 aliphatic heterocycles. The maximum atomic E-state index is 3.97. The van der Waals surface area contributed by atoms with Crippen molar-refractivity contribution in [2.45, 2.75) is 39.8 Å². The van der Waals surface area contributed by atoms with E-state index < -0.39 is 0 Å². The summed E-state index contributed by atoms with van der Waals surface area (Å²) >= 11 is 0. The highest BCUT2D eigenvalue weighted by Gasteiger charge is 2.03. The third kappa shape index (κ3) is 4.33. The van der Waals surface area contributed by atoms with Crippen molar-refractivity contribution in [2.24, 2.45) is 5.92 Å². The summed E-state index contributed by atoms with van der Waals surface area (Å²) in [5.41, 5.74) is 1.14. The maximum Gasteiger partial charge on any atom is 0.115 e. The van der Waals surface area contributed by atoms with E-state index >= 15 is 0 Å². The van der Waals surface area contributed by atoms with Gasteiger partial charge in [0, 0.05) is 30.5 Å². The fraction of sp³-hybridized carbons (Fsp3) is 0.636. The Morgan fingerprint density at radius 1 is 1.21 bits per heavy atom. The third-order valence-electron chi connectivity index (χ3n) is 2.09.